The second-order valence-electron chi connectivity index (χ2n) is 6.80. The van der Waals surface area contributed by atoms with Crippen LogP contribution in [0.4, 0.5) is 0 Å². The van der Waals surface area contributed by atoms with Gasteiger partial charge in [-0.15, -0.1) is 0 Å². The molecule has 0 spiro atoms. The number of aromatic nitrogens is 3. The number of carboxylic acid groups (broad SMARTS) is 1. The Hall–Kier alpha value is -2.65. The van der Waals surface area contributed by atoms with Crippen LogP contribution in [-0.2, 0) is 26.6 Å². The van der Waals surface area contributed by atoms with Gasteiger partial charge in [-0.05, 0) is 49.4 Å². The fourth-order valence-electron chi connectivity index (χ4n) is 2.99. The van der Waals surface area contributed by atoms with Crippen LogP contribution in [-0.4, -0.2) is 38.6 Å². The summed E-state index contributed by atoms with van der Waals surface area (Å²) in [5.41, 5.74) is 0.715. The van der Waals surface area contributed by atoms with Gasteiger partial charge in [-0.2, -0.15) is 5.10 Å². The third kappa shape index (κ3) is 6.18. The zero-order valence-corrected chi connectivity index (χ0v) is 18.4. The molecular weight excluding hydrogens is 445 g/mol. The molecule has 0 unspecified atom stereocenters. The normalized spacial score (nSPS) is 20.1. The van der Waals surface area contributed by atoms with Gasteiger partial charge in [0.15, 0.2) is 0 Å². The first-order valence-electron chi connectivity index (χ1n) is 9.34. The monoisotopic (exact) mass is 465 g/mol. The first-order chi connectivity index (χ1) is 14.8. The number of rotatable bonds is 5. The van der Waals surface area contributed by atoms with Crippen LogP contribution in [0.1, 0.15) is 19.4 Å². The number of aliphatic carboxylic acids is 1. The molecule has 10 heteroatoms. The number of halogens is 2. The largest absolute Gasteiger partial charge is 0.481 e. The SMILES string of the molecule is CC(=O)O.C[C@H]1CO[C@](Cn2cncn2)(c2ccc(Oc3ccc(Cl)cc3)cc2Cl)O1. The van der Waals surface area contributed by atoms with Crippen LogP contribution in [0.3, 0.4) is 0 Å². The highest BCUT2D eigenvalue weighted by molar-refractivity contribution is 6.31. The highest BCUT2D eigenvalue weighted by Crippen LogP contribution is 2.41. The van der Waals surface area contributed by atoms with Crippen LogP contribution >= 0.6 is 23.2 Å². The third-order valence-corrected chi connectivity index (χ3v) is 4.74. The number of hydrogen-bond acceptors (Lipinski definition) is 6. The number of benzene rings is 2. The van der Waals surface area contributed by atoms with Crippen molar-refractivity contribution < 1.29 is 24.1 Å². The molecule has 0 bridgehead atoms. The molecule has 8 nitrogen and oxygen atoms in total. The van der Waals surface area contributed by atoms with Crippen molar-refractivity contribution in [1.29, 1.82) is 0 Å². The molecule has 1 aliphatic rings. The van der Waals surface area contributed by atoms with Gasteiger partial charge < -0.3 is 19.3 Å². The number of nitrogens with zero attached hydrogens (tertiary/aromatic N) is 3. The van der Waals surface area contributed by atoms with Gasteiger partial charge >= 0.3 is 0 Å². The summed E-state index contributed by atoms with van der Waals surface area (Å²) in [6, 6.07) is 12.5. The lowest BCUT2D eigenvalue weighted by Crippen LogP contribution is -2.34. The standard InChI is InChI=1S/C19H17Cl2N3O3.C2H4O2/c1-13-9-25-19(27-13,10-24-12-22-11-23-24)17-7-6-16(8-18(17)21)26-15-4-2-14(20)3-5-15;1-2(3)4/h2-8,11-13H,9-10H2,1H3;1H3,(H,3,4)/t13-,19-;/m0./s1. The fourth-order valence-corrected chi connectivity index (χ4v) is 3.43. The van der Waals surface area contributed by atoms with Gasteiger partial charge in [0.2, 0.25) is 5.79 Å². The van der Waals surface area contributed by atoms with E-state index in [1.54, 1.807) is 41.3 Å². The Morgan fingerprint density at radius 1 is 1.26 bits per heavy atom. The maximum atomic E-state index is 9.00. The zero-order chi connectivity index (χ0) is 22.4. The maximum absolute atomic E-state index is 9.00. The summed E-state index contributed by atoms with van der Waals surface area (Å²) in [5, 5.41) is 12.7. The van der Waals surface area contributed by atoms with E-state index < -0.39 is 11.8 Å². The molecule has 0 aliphatic carbocycles. The summed E-state index contributed by atoms with van der Waals surface area (Å²) in [6.07, 6.45) is 3.02. The molecule has 1 N–H and O–H groups in total. The van der Waals surface area contributed by atoms with E-state index in [1.807, 2.05) is 19.1 Å². The molecule has 1 aliphatic heterocycles. The van der Waals surface area contributed by atoms with Crippen molar-refractivity contribution in [2.24, 2.45) is 0 Å². The van der Waals surface area contributed by atoms with Crippen molar-refractivity contribution in [1.82, 2.24) is 14.8 Å². The highest BCUT2D eigenvalue weighted by Gasteiger charge is 2.44. The van der Waals surface area contributed by atoms with Gasteiger partial charge in [-0.25, -0.2) is 9.67 Å². The summed E-state index contributed by atoms with van der Waals surface area (Å²) < 4.78 is 19.6. The van der Waals surface area contributed by atoms with Crippen molar-refractivity contribution >= 4 is 29.2 Å². The summed E-state index contributed by atoms with van der Waals surface area (Å²) in [7, 11) is 0. The number of hydrogen-bond donors (Lipinski definition) is 1. The van der Waals surface area contributed by atoms with Gasteiger partial charge in [0.25, 0.3) is 5.97 Å². The Bertz CT molecular complexity index is 1010. The second kappa shape index (κ2) is 10.1. The lowest BCUT2D eigenvalue weighted by Gasteiger charge is -2.29. The predicted octanol–water partition coefficient (Wildman–Crippen LogP) is 4.76. The van der Waals surface area contributed by atoms with Crippen LogP contribution < -0.4 is 4.74 Å². The smallest absolute Gasteiger partial charge is 0.300 e. The Morgan fingerprint density at radius 2 is 1.94 bits per heavy atom. The van der Waals surface area contributed by atoms with Crippen molar-refractivity contribution in [2.75, 3.05) is 6.61 Å². The van der Waals surface area contributed by atoms with Crippen LogP contribution in [0, 0.1) is 0 Å². The first-order valence-corrected chi connectivity index (χ1v) is 10.1. The molecule has 1 fully saturated rings. The molecule has 1 saturated heterocycles. The van der Waals surface area contributed by atoms with Crippen molar-refractivity contribution in [2.45, 2.75) is 32.3 Å². The van der Waals surface area contributed by atoms with E-state index in [2.05, 4.69) is 10.1 Å². The van der Waals surface area contributed by atoms with E-state index >= 15 is 0 Å². The zero-order valence-electron chi connectivity index (χ0n) is 16.9. The quantitative estimate of drug-likeness (QED) is 0.580. The molecule has 0 amide bonds. The number of ether oxygens (including phenoxy) is 3. The van der Waals surface area contributed by atoms with Gasteiger partial charge in [-0.3, -0.25) is 4.79 Å². The lowest BCUT2D eigenvalue weighted by atomic mass is 10.1. The van der Waals surface area contributed by atoms with Crippen molar-refractivity contribution in [3.05, 3.63) is 70.7 Å². The minimum absolute atomic E-state index is 0.0606. The van der Waals surface area contributed by atoms with Crippen molar-refractivity contribution in [3.63, 3.8) is 0 Å². The fraction of sp³-hybridized carbons (Fsp3) is 0.286. The van der Waals surface area contributed by atoms with E-state index in [0.717, 1.165) is 6.92 Å². The molecule has 4 rings (SSSR count). The average molecular weight is 466 g/mol. The van der Waals surface area contributed by atoms with Gasteiger partial charge in [0.1, 0.15) is 30.7 Å². The minimum Gasteiger partial charge on any atom is -0.481 e. The number of carbonyl (C=O) groups is 1. The predicted molar refractivity (Wildman–Crippen MR) is 114 cm³/mol. The van der Waals surface area contributed by atoms with Crippen LogP contribution in [0.15, 0.2) is 55.1 Å². The Kier molecular flexibility index (Phi) is 7.50. The maximum Gasteiger partial charge on any atom is 0.300 e. The van der Waals surface area contributed by atoms with E-state index in [0.29, 0.717) is 40.3 Å². The van der Waals surface area contributed by atoms with E-state index in [1.165, 1.54) is 6.33 Å². The molecule has 31 heavy (non-hydrogen) atoms. The van der Waals surface area contributed by atoms with E-state index in [9.17, 15) is 0 Å². The van der Waals surface area contributed by atoms with Crippen molar-refractivity contribution in [3.8, 4) is 11.5 Å². The topological polar surface area (TPSA) is 95.7 Å². The Labute approximate surface area is 189 Å². The van der Waals surface area contributed by atoms with Gasteiger partial charge in [0, 0.05) is 17.5 Å². The van der Waals surface area contributed by atoms with Crippen LogP contribution in [0.5, 0.6) is 11.5 Å². The van der Waals surface area contributed by atoms with Crippen LogP contribution in [0.25, 0.3) is 0 Å². The molecule has 164 valence electrons. The molecule has 2 heterocycles. The van der Waals surface area contributed by atoms with Gasteiger partial charge in [0.05, 0.1) is 17.7 Å². The molecule has 0 radical (unpaired) electrons. The molecule has 0 saturated carbocycles. The van der Waals surface area contributed by atoms with Gasteiger partial charge in [-0.1, -0.05) is 23.2 Å². The van der Waals surface area contributed by atoms with E-state index in [4.69, 9.17) is 47.3 Å². The average Bonchev–Trinajstić information content (AvgIpc) is 3.34. The highest BCUT2D eigenvalue weighted by atomic mass is 35.5. The second-order valence-corrected chi connectivity index (χ2v) is 7.65. The summed E-state index contributed by atoms with van der Waals surface area (Å²) in [6.45, 7) is 3.84. The lowest BCUT2D eigenvalue weighted by molar-refractivity contribution is -0.186. The third-order valence-electron chi connectivity index (χ3n) is 4.18. The molecular formula is C21H21Cl2N3O5. The molecule has 2 aromatic carbocycles. The Morgan fingerprint density at radius 3 is 2.48 bits per heavy atom. The molecule has 2 atom stereocenters. The van der Waals surface area contributed by atoms with E-state index in [-0.39, 0.29) is 6.10 Å². The summed E-state index contributed by atoms with van der Waals surface area (Å²) in [4.78, 5) is 13.0. The van der Waals surface area contributed by atoms with Crippen LogP contribution in [0.2, 0.25) is 10.0 Å². The molecule has 1 aromatic heterocycles. The first kappa shape index (κ1) is 23.0. The Balaban J connectivity index is 0.000000628. The molecule has 3 aromatic rings. The minimum atomic E-state index is -1.02. The summed E-state index contributed by atoms with van der Waals surface area (Å²) in [5.74, 6) is -0.584. The number of carboxylic acids is 1. The summed E-state index contributed by atoms with van der Waals surface area (Å²) >= 11 is 12.5.